The van der Waals surface area contributed by atoms with Gasteiger partial charge in [-0.25, -0.2) is 4.79 Å². The maximum Gasteiger partial charge on any atom is 0.378 e. The molecule has 0 amide bonds. The van der Waals surface area contributed by atoms with Gasteiger partial charge in [0, 0.05) is 0 Å². The van der Waals surface area contributed by atoms with Crippen LogP contribution in [0, 0.1) is 0 Å². The molecule has 1 aliphatic rings. The van der Waals surface area contributed by atoms with Gasteiger partial charge in [-0.15, -0.1) is 0 Å². The van der Waals surface area contributed by atoms with E-state index < -0.39 is 24.8 Å². The Kier molecular flexibility index (Phi) is 26.3. The van der Waals surface area contributed by atoms with E-state index in [1.54, 1.807) is 0 Å². The molecule has 0 aromatic rings. The molecule has 248 valence electrons. The van der Waals surface area contributed by atoms with E-state index in [2.05, 4.69) is 13.8 Å². The van der Waals surface area contributed by atoms with Crippen molar-refractivity contribution >= 4 is 5.97 Å². The fourth-order valence-electron chi connectivity index (χ4n) is 5.67. The zero-order valence-electron chi connectivity index (χ0n) is 27.7. The van der Waals surface area contributed by atoms with Crippen molar-refractivity contribution in [2.45, 2.75) is 193 Å². The van der Waals surface area contributed by atoms with E-state index in [1.807, 2.05) is 0 Å². The lowest BCUT2D eigenvalue weighted by Crippen LogP contribution is -2.32. The highest BCUT2D eigenvalue weighted by molar-refractivity contribution is 5.89. The molecule has 0 saturated carbocycles. The number of aliphatic hydroxyl groups is 2. The summed E-state index contributed by atoms with van der Waals surface area (Å²) >= 11 is 0. The van der Waals surface area contributed by atoms with Gasteiger partial charge in [-0.2, -0.15) is 0 Å². The van der Waals surface area contributed by atoms with E-state index >= 15 is 0 Å². The molecule has 0 aliphatic carbocycles. The summed E-state index contributed by atoms with van der Waals surface area (Å²) in [4.78, 5) is 12.5. The second kappa shape index (κ2) is 28.5. The molecule has 0 unspecified atom stereocenters. The average Bonchev–Trinajstić information content (AvgIpc) is 3.31. The summed E-state index contributed by atoms with van der Waals surface area (Å²) < 4.78 is 17.0. The average molecular weight is 597 g/mol. The number of aliphatic hydroxyl groups excluding tert-OH is 2. The first kappa shape index (κ1) is 38.8. The number of ether oxygens (including phenoxy) is 3. The summed E-state index contributed by atoms with van der Waals surface area (Å²) in [5.41, 5.74) is 0. The van der Waals surface area contributed by atoms with Crippen LogP contribution in [0.5, 0.6) is 0 Å². The highest BCUT2D eigenvalue weighted by atomic mass is 16.6. The van der Waals surface area contributed by atoms with Gasteiger partial charge in [0.1, 0.15) is 6.10 Å². The SMILES string of the molecule is CCCCCCCCCCCCCCCOC1=C(OCCCCCCCCCCCCCCC)[C@@H]([C@@H](O)CO)OC1=O. The minimum absolute atomic E-state index is 0.0705. The largest absolute Gasteiger partial charge is 0.490 e. The van der Waals surface area contributed by atoms with Crippen molar-refractivity contribution in [1.29, 1.82) is 0 Å². The molecule has 0 saturated heterocycles. The maximum atomic E-state index is 12.5. The third kappa shape index (κ3) is 19.8. The molecule has 1 heterocycles. The molecule has 1 rings (SSSR count). The minimum atomic E-state index is -1.21. The van der Waals surface area contributed by atoms with E-state index in [0.29, 0.717) is 13.2 Å². The van der Waals surface area contributed by atoms with Gasteiger partial charge in [-0.1, -0.05) is 168 Å². The molecule has 6 nitrogen and oxygen atoms in total. The lowest BCUT2D eigenvalue weighted by Gasteiger charge is -2.18. The van der Waals surface area contributed by atoms with Crippen LogP contribution >= 0.6 is 0 Å². The second-order valence-corrected chi connectivity index (χ2v) is 12.5. The van der Waals surface area contributed by atoms with Crippen molar-refractivity contribution in [3.05, 3.63) is 11.5 Å². The molecule has 0 aromatic carbocycles. The summed E-state index contributed by atoms with van der Waals surface area (Å²) in [6, 6.07) is 0. The fraction of sp³-hybridized carbons (Fsp3) is 0.917. The summed E-state index contributed by atoms with van der Waals surface area (Å²) in [6.45, 7) is 4.90. The van der Waals surface area contributed by atoms with Gasteiger partial charge < -0.3 is 24.4 Å². The Balaban J connectivity index is 2.17. The third-order valence-corrected chi connectivity index (χ3v) is 8.44. The number of carbonyl (C=O) groups excluding carboxylic acids is 1. The maximum absolute atomic E-state index is 12.5. The summed E-state index contributed by atoms with van der Waals surface area (Å²) in [6.07, 6.45) is 31.0. The zero-order chi connectivity index (χ0) is 30.5. The number of unbranched alkanes of at least 4 members (excludes halogenated alkanes) is 24. The first-order valence-electron chi connectivity index (χ1n) is 18.1. The molecule has 2 atom stereocenters. The summed E-state index contributed by atoms with van der Waals surface area (Å²) in [5, 5.41) is 19.6. The van der Waals surface area contributed by atoms with Crippen LogP contribution in [0.15, 0.2) is 11.5 Å². The number of esters is 1. The second-order valence-electron chi connectivity index (χ2n) is 12.5. The number of hydrogen-bond acceptors (Lipinski definition) is 6. The highest BCUT2D eigenvalue weighted by Gasteiger charge is 2.41. The fourth-order valence-corrected chi connectivity index (χ4v) is 5.67. The van der Waals surface area contributed by atoms with Gasteiger partial charge in [0.25, 0.3) is 0 Å². The van der Waals surface area contributed by atoms with Gasteiger partial charge in [-0.3, -0.25) is 0 Å². The highest BCUT2D eigenvalue weighted by Crippen LogP contribution is 2.28. The minimum Gasteiger partial charge on any atom is -0.490 e. The van der Waals surface area contributed by atoms with Crippen molar-refractivity contribution in [3.63, 3.8) is 0 Å². The molecule has 0 radical (unpaired) electrons. The Hall–Kier alpha value is -1.27. The molecular weight excluding hydrogens is 528 g/mol. The molecule has 2 N–H and O–H groups in total. The van der Waals surface area contributed by atoms with Crippen LogP contribution in [0.25, 0.3) is 0 Å². The van der Waals surface area contributed by atoms with Crippen LogP contribution < -0.4 is 0 Å². The lowest BCUT2D eigenvalue weighted by molar-refractivity contribution is -0.148. The monoisotopic (exact) mass is 597 g/mol. The summed E-state index contributed by atoms with van der Waals surface area (Å²) in [7, 11) is 0. The van der Waals surface area contributed by atoms with Gasteiger partial charge in [0.2, 0.25) is 5.76 Å². The smallest absolute Gasteiger partial charge is 0.378 e. The van der Waals surface area contributed by atoms with E-state index in [4.69, 9.17) is 14.2 Å². The van der Waals surface area contributed by atoms with Crippen molar-refractivity contribution in [2.75, 3.05) is 19.8 Å². The van der Waals surface area contributed by atoms with Crippen molar-refractivity contribution in [1.82, 2.24) is 0 Å². The topological polar surface area (TPSA) is 85.2 Å². The van der Waals surface area contributed by atoms with Crippen molar-refractivity contribution in [2.24, 2.45) is 0 Å². The van der Waals surface area contributed by atoms with E-state index in [0.717, 1.165) is 25.7 Å². The predicted molar refractivity (Wildman–Crippen MR) is 173 cm³/mol. The predicted octanol–water partition coefficient (Wildman–Crippen LogP) is 9.69. The van der Waals surface area contributed by atoms with Gasteiger partial charge in [0.15, 0.2) is 11.9 Å². The van der Waals surface area contributed by atoms with Crippen LogP contribution in [0.4, 0.5) is 0 Å². The van der Waals surface area contributed by atoms with Crippen LogP contribution in [-0.4, -0.2) is 48.2 Å². The third-order valence-electron chi connectivity index (χ3n) is 8.44. The van der Waals surface area contributed by atoms with Crippen LogP contribution in [0.3, 0.4) is 0 Å². The molecule has 6 heteroatoms. The Morgan fingerprint density at radius 3 is 1.26 bits per heavy atom. The van der Waals surface area contributed by atoms with Crippen molar-refractivity contribution < 1.29 is 29.2 Å². The Labute approximate surface area is 259 Å². The number of cyclic esters (lactones) is 1. The molecule has 42 heavy (non-hydrogen) atoms. The first-order valence-corrected chi connectivity index (χ1v) is 18.1. The molecule has 0 bridgehead atoms. The first-order chi connectivity index (χ1) is 20.7. The number of rotatable bonds is 32. The van der Waals surface area contributed by atoms with E-state index in [-0.39, 0.29) is 11.5 Å². The molecule has 0 fully saturated rings. The molecule has 0 spiro atoms. The van der Waals surface area contributed by atoms with Gasteiger partial charge in [-0.05, 0) is 12.8 Å². The summed E-state index contributed by atoms with van der Waals surface area (Å²) in [5.74, 6) is -0.293. The van der Waals surface area contributed by atoms with Crippen LogP contribution in [0.2, 0.25) is 0 Å². The number of hydrogen-bond donors (Lipinski definition) is 2. The van der Waals surface area contributed by atoms with Crippen LogP contribution in [-0.2, 0) is 19.0 Å². The Morgan fingerprint density at radius 1 is 0.571 bits per heavy atom. The number of carbonyl (C=O) groups is 1. The Bertz CT molecular complexity index is 649. The van der Waals surface area contributed by atoms with Gasteiger partial charge in [0.05, 0.1) is 19.8 Å². The van der Waals surface area contributed by atoms with Crippen molar-refractivity contribution in [3.8, 4) is 0 Å². The standard InChI is InChI=1S/C36H68O6/c1-3-5-7-9-11-13-15-17-19-21-23-25-27-29-40-34-33(32(38)31-37)42-36(39)35(34)41-30-28-26-24-22-20-18-16-14-12-10-8-6-4-2/h32-33,37-38H,3-31H2,1-2H3/t32-,33+/m0/s1. The Morgan fingerprint density at radius 2 is 0.905 bits per heavy atom. The van der Waals surface area contributed by atoms with E-state index in [9.17, 15) is 15.0 Å². The molecule has 0 aromatic heterocycles. The van der Waals surface area contributed by atoms with Gasteiger partial charge >= 0.3 is 5.97 Å². The molecular formula is C36H68O6. The van der Waals surface area contributed by atoms with Crippen LogP contribution in [0.1, 0.15) is 181 Å². The quantitative estimate of drug-likeness (QED) is 0.0594. The lowest BCUT2D eigenvalue weighted by atomic mass is 10.0. The van der Waals surface area contributed by atoms with E-state index in [1.165, 1.54) is 141 Å². The zero-order valence-corrected chi connectivity index (χ0v) is 27.7. The molecule has 1 aliphatic heterocycles. The normalized spacial score (nSPS) is 15.8.